The smallest absolute Gasteiger partial charge is 0.334 e. The summed E-state index contributed by atoms with van der Waals surface area (Å²) in [5, 5.41) is 7.39. The van der Waals surface area contributed by atoms with E-state index in [4.69, 9.17) is 5.11 Å². The molecule has 5 heteroatoms. The number of aliphatic hydroxyl groups is 1. The molecule has 1 N–H and O–H groups in total. The van der Waals surface area contributed by atoms with Crippen LogP contribution in [0.4, 0.5) is 13.2 Å². The van der Waals surface area contributed by atoms with E-state index in [0.29, 0.717) is 6.92 Å². The van der Waals surface area contributed by atoms with Gasteiger partial charge in [0.2, 0.25) is 0 Å². The second-order valence-electron chi connectivity index (χ2n) is 1.20. The van der Waals surface area contributed by atoms with Crippen molar-refractivity contribution in [3.8, 4) is 0 Å². The minimum Gasteiger partial charge on any atom is -0.334 e. The van der Waals surface area contributed by atoms with E-state index in [-0.39, 0.29) is 8.41 Å². The average molecular weight is 128 g/mol. The van der Waals surface area contributed by atoms with Gasteiger partial charge in [-0.05, 0) is 6.92 Å². The molecule has 1 atom stereocenters. The molecule has 0 spiro atoms. The van der Waals surface area contributed by atoms with E-state index in [2.05, 4.69) is 0 Å². The van der Waals surface area contributed by atoms with Crippen LogP contribution in [0.2, 0.25) is 0 Å². The molecule has 0 saturated heterocycles. The molecule has 1 unspecified atom stereocenters. The minimum absolute atomic E-state index is 0. The van der Waals surface area contributed by atoms with Crippen LogP contribution in [0.5, 0.6) is 0 Å². The summed E-state index contributed by atoms with van der Waals surface area (Å²) in [6, 6.07) is 0. The highest BCUT2D eigenvalue weighted by molar-refractivity contribution is 5.75. The minimum atomic E-state index is -4.17. The van der Waals surface area contributed by atoms with Crippen LogP contribution in [0, 0.1) is 0 Å². The zero-order valence-corrected chi connectivity index (χ0v) is 3.66. The van der Waals surface area contributed by atoms with Gasteiger partial charge in [0.1, 0.15) is 0 Å². The van der Waals surface area contributed by atoms with Gasteiger partial charge in [0.15, 0.2) is 6.17 Å². The Hall–Kier alpha value is -0.185. The first kappa shape index (κ1) is 10.7. The highest BCUT2D eigenvalue weighted by Gasteiger charge is 2.32. The van der Waals surface area contributed by atoms with Gasteiger partial charge in [-0.1, -0.05) is 0 Å². The maximum absolute atomic E-state index is 11.2. The van der Waals surface area contributed by atoms with Crippen LogP contribution in [0.25, 0.3) is 0 Å². The monoisotopic (exact) mass is 128 g/mol. The molecule has 0 aromatic carbocycles. The maximum atomic E-state index is 11.2. The second kappa shape index (κ2) is 2.97. The molecule has 8 heavy (non-hydrogen) atoms. The van der Waals surface area contributed by atoms with Gasteiger partial charge in [-0.25, -0.2) is 4.39 Å². The van der Waals surface area contributed by atoms with E-state index < -0.39 is 12.3 Å². The van der Waals surface area contributed by atoms with Gasteiger partial charge in [-0.15, -0.1) is 0 Å². The van der Waals surface area contributed by atoms with Crippen LogP contribution in [0.3, 0.4) is 0 Å². The fraction of sp³-hybridized carbons (Fsp3) is 1.00. The molecular weight excluding hydrogens is 120 g/mol. The van der Waals surface area contributed by atoms with Gasteiger partial charge in [-0.2, -0.15) is 8.78 Å². The van der Waals surface area contributed by atoms with Gasteiger partial charge in [0.05, 0.1) is 8.41 Å². The lowest BCUT2D eigenvalue weighted by Gasteiger charge is -2.07. The van der Waals surface area contributed by atoms with Crippen LogP contribution >= 0.6 is 0 Å². The highest BCUT2D eigenvalue weighted by atomic mass is 19.3. The number of halogens is 3. The largest absolute Gasteiger partial charge is 0.384 e. The predicted octanol–water partition coefficient (Wildman–Crippen LogP) is -0.254. The lowest BCUT2D eigenvalue weighted by atomic mass is 10.4. The number of alkyl halides is 3. The van der Waals surface area contributed by atoms with E-state index >= 15 is 0 Å². The van der Waals surface area contributed by atoms with Crippen molar-refractivity contribution in [1.82, 2.24) is 0 Å². The standard InChI is InChI=1S/C3H5F3O.BH3/c1-2(4)3(5,6)7;/h2,7H,1H3;1H3. The fourth-order valence-corrected chi connectivity index (χ4v) is 0. The Morgan fingerprint density at radius 1 is 1.50 bits per heavy atom. The molecule has 0 aromatic heterocycles. The highest BCUT2D eigenvalue weighted by Crippen LogP contribution is 2.15. The van der Waals surface area contributed by atoms with Gasteiger partial charge in [-0.3, -0.25) is 0 Å². The van der Waals surface area contributed by atoms with Crippen LogP contribution < -0.4 is 0 Å². The first-order valence-electron chi connectivity index (χ1n) is 1.69. The van der Waals surface area contributed by atoms with Crippen molar-refractivity contribution in [2.45, 2.75) is 19.2 Å². The molecule has 0 rings (SSSR count). The average Bonchev–Trinajstić information content (AvgIpc) is 1.31. The Labute approximate surface area is 47.1 Å². The summed E-state index contributed by atoms with van der Waals surface area (Å²) < 4.78 is 33.3. The molecule has 0 amide bonds. The third-order valence-electron chi connectivity index (χ3n) is 0.479. The van der Waals surface area contributed by atoms with E-state index in [1.165, 1.54) is 0 Å². The molecular formula is C3H8BF3O. The van der Waals surface area contributed by atoms with Gasteiger partial charge in [0.25, 0.3) is 0 Å². The first-order valence-corrected chi connectivity index (χ1v) is 1.69. The molecule has 0 saturated carbocycles. The predicted molar refractivity (Wildman–Crippen MR) is 27.7 cm³/mol. The molecule has 0 heterocycles. The van der Waals surface area contributed by atoms with Crippen LogP contribution in [-0.4, -0.2) is 25.8 Å². The Morgan fingerprint density at radius 3 is 1.62 bits per heavy atom. The molecule has 0 aromatic rings. The Bertz CT molecular complexity index is 60.0. The van der Waals surface area contributed by atoms with Crippen molar-refractivity contribution in [1.29, 1.82) is 0 Å². The third-order valence-corrected chi connectivity index (χ3v) is 0.479. The first-order chi connectivity index (χ1) is 2.94. The van der Waals surface area contributed by atoms with Gasteiger partial charge < -0.3 is 5.11 Å². The van der Waals surface area contributed by atoms with Crippen LogP contribution in [-0.2, 0) is 0 Å². The second-order valence-corrected chi connectivity index (χ2v) is 1.20. The third kappa shape index (κ3) is 3.99. The normalized spacial score (nSPS) is 14.6. The van der Waals surface area contributed by atoms with Crippen LogP contribution in [0.1, 0.15) is 6.92 Å². The lowest BCUT2D eigenvalue weighted by molar-refractivity contribution is -0.235. The molecule has 0 aliphatic carbocycles. The van der Waals surface area contributed by atoms with Crippen LogP contribution in [0.15, 0.2) is 0 Å². The molecule has 0 radical (unpaired) electrons. The zero-order chi connectivity index (χ0) is 6.08. The summed E-state index contributed by atoms with van der Waals surface area (Å²) >= 11 is 0. The maximum Gasteiger partial charge on any atom is 0.384 e. The number of hydrogen-bond acceptors (Lipinski definition) is 1. The van der Waals surface area contributed by atoms with E-state index in [9.17, 15) is 13.2 Å². The molecule has 0 aliphatic rings. The summed E-state index contributed by atoms with van der Waals surface area (Å²) in [6.45, 7) is 0.583. The van der Waals surface area contributed by atoms with Crippen molar-refractivity contribution in [3.63, 3.8) is 0 Å². The van der Waals surface area contributed by atoms with E-state index in [1.54, 1.807) is 0 Å². The topological polar surface area (TPSA) is 20.2 Å². The van der Waals surface area contributed by atoms with Crippen molar-refractivity contribution in [3.05, 3.63) is 0 Å². The zero-order valence-electron chi connectivity index (χ0n) is 3.66. The van der Waals surface area contributed by atoms with Crippen molar-refractivity contribution in [2.24, 2.45) is 0 Å². The summed E-state index contributed by atoms with van der Waals surface area (Å²) in [5.41, 5.74) is 0. The van der Waals surface area contributed by atoms with Gasteiger partial charge in [0, 0.05) is 0 Å². The summed E-state index contributed by atoms with van der Waals surface area (Å²) in [6.07, 6.45) is -6.65. The van der Waals surface area contributed by atoms with E-state index in [0.717, 1.165) is 0 Å². The summed E-state index contributed by atoms with van der Waals surface area (Å²) in [7, 11) is 0. The Balaban J connectivity index is 0. The Kier molecular flexibility index (Phi) is 3.98. The molecule has 1 nitrogen and oxygen atoms in total. The summed E-state index contributed by atoms with van der Waals surface area (Å²) in [4.78, 5) is 0. The molecule has 0 aliphatic heterocycles. The lowest BCUT2D eigenvalue weighted by Crippen LogP contribution is -2.25. The molecule has 0 fully saturated rings. The SMILES string of the molecule is B.CC(F)C(O)(F)F. The fourth-order valence-electron chi connectivity index (χ4n) is 0. The van der Waals surface area contributed by atoms with Crippen molar-refractivity contribution in [2.75, 3.05) is 0 Å². The van der Waals surface area contributed by atoms with Gasteiger partial charge >= 0.3 is 6.11 Å². The number of hydrogen-bond donors (Lipinski definition) is 1. The quantitative estimate of drug-likeness (QED) is 0.482. The molecule has 0 bridgehead atoms. The summed E-state index contributed by atoms with van der Waals surface area (Å²) in [5.74, 6) is 0. The van der Waals surface area contributed by atoms with Crippen molar-refractivity contribution < 1.29 is 18.3 Å². The van der Waals surface area contributed by atoms with Crippen molar-refractivity contribution >= 4 is 8.41 Å². The molecule has 50 valence electrons. The number of rotatable bonds is 1. The Morgan fingerprint density at radius 2 is 1.62 bits per heavy atom. The van der Waals surface area contributed by atoms with E-state index in [1.807, 2.05) is 0 Å².